The molecule has 1 aliphatic carbocycles. The zero-order valence-electron chi connectivity index (χ0n) is 17.7. The second-order valence-electron chi connectivity index (χ2n) is 8.41. The van der Waals surface area contributed by atoms with E-state index in [0.29, 0.717) is 41.8 Å². The van der Waals surface area contributed by atoms with Gasteiger partial charge in [0, 0.05) is 25.2 Å². The van der Waals surface area contributed by atoms with Crippen molar-refractivity contribution in [3.8, 4) is 17.3 Å². The van der Waals surface area contributed by atoms with Crippen LogP contribution in [0.5, 0.6) is 0 Å². The van der Waals surface area contributed by atoms with Crippen LogP contribution in [0.1, 0.15) is 51.8 Å². The van der Waals surface area contributed by atoms with Crippen LogP contribution in [0, 0.1) is 6.92 Å². The Morgan fingerprint density at radius 2 is 1.97 bits per heavy atom. The average molecular weight is 426 g/mol. The van der Waals surface area contributed by atoms with Crippen molar-refractivity contribution >= 4 is 5.91 Å². The lowest BCUT2D eigenvalue weighted by atomic mass is 9.99. The Bertz CT molecular complexity index is 1320. The predicted molar refractivity (Wildman–Crippen MR) is 116 cm³/mol. The van der Waals surface area contributed by atoms with Crippen molar-refractivity contribution < 1.29 is 9.32 Å². The molecule has 0 spiro atoms. The van der Waals surface area contributed by atoms with Crippen molar-refractivity contribution in [3.63, 3.8) is 0 Å². The molecule has 8 nitrogen and oxygen atoms in total. The first-order chi connectivity index (χ1) is 15.7. The van der Waals surface area contributed by atoms with Gasteiger partial charge in [0.15, 0.2) is 11.6 Å². The largest absolute Gasteiger partial charge is 0.334 e. The van der Waals surface area contributed by atoms with Gasteiger partial charge < -0.3 is 9.42 Å². The molecule has 8 heteroatoms. The van der Waals surface area contributed by atoms with Crippen molar-refractivity contribution in [2.45, 2.75) is 38.6 Å². The number of benzene rings is 1. The highest BCUT2D eigenvalue weighted by Gasteiger charge is 2.30. The van der Waals surface area contributed by atoms with E-state index in [0.717, 1.165) is 30.8 Å². The van der Waals surface area contributed by atoms with Crippen molar-refractivity contribution in [1.29, 1.82) is 0 Å². The quantitative estimate of drug-likeness (QED) is 0.494. The number of hydrogen-bond donors (Lipinski definition) is 0. The molecule has 0 atom stereocenters. The summed E-state index contributed by atoms with van der Waals surface area (Å²) >= 11 is 0. The third-order valence-corrected chi connectivity index (χ3v) is 6.26. The van der Waals surface area contributed by atoms with E-state index in [1.54, 1.807) is 17.1 Å². The maximum atomic E-state index is 13.3. The van der Waals surface area contributed by atoms with Crippen LogP contribution in [-0.2, 0) is 13.0 Å². The van der Waals surface area contributed by atoms with Gasteiger partial charge in [-0.05, 0) is 49.4 Å². The number of nitrogens with zero attached hydrogens (tertiary/aromatic N) is 6. The van der Waals surface area contributed by atoms with E-state index in [1.807, 2.05) is 36.1 Å². The summed E-state index contributed by atoms with van der Waals surface area (Å²) in [6, 6.07) is 12.0. The standard InChI is InChI=1S/C24H22N6O2/c1-15-20(24(31)29-12-10-16-5-2-3-6-18(16)14-29)13-26-30(15)22-19(7-4-11-25-22)23-27-21(28-32-23)17-8-9-17/h2-7,11,13,17H,8-10,12,14H2,1H3. The summed E-state index contributed by atoms with van der Waals surface area (Å²) in [6.07, 6.45) is 6.38. The molecule has 1 amide bonds. The molecule has 3 aromatic heterocycles. The first kappa shape index (κ1) is 18.9. The van der Waals surface area contributed by atoms with Gasteiger partial charge in [-0.25, -0.2) is 9.67 Å². The molecule has 0 saturated heterocycles. The molecule has 160 valence electrons. The Kier molecular flexibility index (Phi) is 4.38. The molecule has 32 heavy (non-hydrogen) atoms. The second-order valence-corrected chi connectivity index (χ2v) is 8.41. The molecule has 0 radical (unpaired) electrons. The van der Waals surface area contributed by atoms with E-state index in [-0.39, 0.29) is 5.91 Å². The zero-order chi connectivity index (χ0) is 21.7. The number of rotatable bonds is 4. The van der Waals surface area contributed by atoms with E-state index < -0.39 is 0 Å². The summed E-state index contributed by atoms with van der Waals surface area (Å²) < 4.78 is 7.20. The fraction of sp³-hybridized carbons (Fsp3) is 0.292. The van der Waals surface area contributed by atoms with Crippen LogP contribution < -0.4 is 0 Å². The van der Waals surface area contributed by atoms with Gasteiger partial charge in [-0.15, -0.1) is 0 Å². The van der Waals surface area contributed by atoms with Crippen molar-refractivity contribution in [3.05, 3.63) is 77.0 Å². The van der Waals surface area contributed by atoms with Gasteiger partial charge in [0.25, 0.3) is 11.8 Å². The second kappa shape index (κ2) is 7.40. The molecule has 0 bridgehead atoms. The predicted octanol–water partition coefficient (Wildman–Crippen LogP) is 3.70. The summed E-state index contributed by atoms with van der Waals surface area (Å²) in [5.74, 6) is 2.12. The monoisotopic (exact) mass is 426 g/mol. The lowest BCUT2D eigenvalue weighted by Gasteiger charge is -2.28. The molecule has 1 aliphatic heterocycles. The fourth-order valence-electron chi connectivity index (χ4n) is 4.26. The number of amides is 1. The zero-order valence-corrected chi connectivity index (χ0v) is 17.7. The summed E-state index contributed by atoms with van der Waals surface area (Å²) in [7, 11) is 0. The highest BCUT2D eigenvalue weighted by Crippen LogP contribution is 2.39. The first-order valence-electron chi connectivity index (χ1n) is 10.9. The minimum absolute atomic E-state index is 0.0189. The van der Waals surface area contributed by atoms with E-state index in [4.69, 9.17) is 4.52 Å². The van der Waals surface area contributed by atoms with Gasteiger partial charge >= 0.3 is 0 Å². The van der Waals surface area contributed by atoms with Crippen LogP contribution >= 0.6 is 0 Å². The number of carbonyl (C=O) groups excluding carboxylic acids is 1. The van der Waals surface area contributed by atoms with Gasteiger partial charge in [-0.1, -0.05) is 29.4 Å². The number of hydrogen-bond acceptors (Lipinski definition) is 6. The van der Waals surface area contributed by atoms with Crippen LogP contribution in [0.3, 0.4) is 0 Å². The average Bonchev–Trinajstić information content (AvgIpc) is 3.44. The molecule has 1 fully saturated rings. The molecular formula is C24H22N6O2. The minimum Gasteiger partial charge on any atom is -0.334 e. The normalized spacial score (nSPS) is 15.6. The molecule has 6 rings (SSSR count). The smallest absolute Gasteiger partial charge is 0.261 e. The van der Waals surface area contributed by atoms with E-state index in [1.165, 1.54) is 11.1 Å². The summed E-state index contributed by atoms with van der Waals surface area (Å²) in [5, 5.41) is 8.62. The van der Waals surface area contributed by atoms with Gasteiger partial charge in [0.2, 0.25) is 0 Å². The van der Waals surface area contributed by atoms with Crippen LogP contribution in [0.25, 0.3) is 17.3 Å². The molecule has 0 N–H and O–H groups in total. The maximum absolute atomic E-state index is 13.3. The first-order valence-corrected chi connectivity index (χ1v) is 10.9. The van der Waals surface area contributed by atoms with Crippen LogP contribution in [0.15, 0.2) is 53.3 Å². The molecular weight excluding hydrogens is 404 g/mol. The van der Waals surface area contributed by atoms with Crippen LogP contribution in [0.2, 0.25) is 0 Å². The van der Waals surface area contributed by atoms with E-state index >= 15 is 0 Å². The molecule has 1 aromatic carbocycles. The van der Waals surface area contributed by atoms with E-state index in [9.17, 15) is 4.79 Å². The fourth-order valence-corrected chi connectivity index (χ4v) is 4.26. The molecule has 4 aromatic rings. The van der Waals surface area contributed by atoms with Crippen LogP contribution in [0.4, 0.5) is 0 Å². The van der Waals surface area contributed by atoms with Gasteiger partial charge in [-0.2, -0.15) is 10.1 Å². The van der Waals surface area contributed by atoms with E-state index in [2.05, 4.69) is 32.4 Å². The molecule has 4 heterocycles. The van der Waals surface area contributed by atoms with Gasteiger partial charge in [-0.3, -0.25) is 4.79 Å². The van der Waals surface area contributed by atoms with Gasteiger partial charge in [0.1, 0.15) is 0 Å². The Hall–Kier alpha value is -3.81. The third kappa shape index (κ3) is 3.19. The number of aromatic nitrogens is 5. The lowest BCUT2D eigenvalue weighted by molar-refractivity contribution is 0.0734. The number of fused-ring (bicyclic) bond motifs is 1. The summed E-state index contributed by atoms with van der Waals surface area (Å²) in [4.78, 5) is 24.3. The highest BCUT2D eigenvalue weighted by atomic mass is 16.5. The van der Waals surface area contributed by atoms with Crippen molar-refractivity contribution in [2.24, 2.45) is 0 Å². The number of pyridine rings is 1. The highest BCUT2D eigenvalue weighted by molar-refractivity contribution is 5.95. The maximum Gasteiger partial charge on any atom is 0.261 e. The molecule has 2 aliphatic rings. The summed E-state index contributed by atoms with van der Waals surface area (Å²) in [5.41, 5.74) is 4.52. The lowest BCUT2D eigenvalue weighted by Crippen LogP contribution is -2.36. The SMILES string of the molecule is Cc1c(C(=O)N2CCc3ccccc3C2)cnn1-c1ncccc1-c1nc(C2CC2)no1. The van der Waals surface area contributed by atoms with Crippen LogP contribution in [-0.4, -0.2) is 42.3 Å². The Labute approximate surface area is 184 Å². The van der Waals surface area contributed by atoms with Crippen molar-refractivity contribution in [1.82, 2.24) is 29.8 Å². The van der Waals surface area contributed by atoms with Crippen molar-refractivity contribution in [2.75, 3.05) is 6.54 Å². The minimum atomic E-state index is -0.0189. The summed E-state index contributed by atoms with van der Waals surface area (Å²) in [6.45, 7) is 3.20. The third-order valence-electron chi connectivity index (χ3n) is 6.26. The topological polar surface area (TPSA) is 89.9 Å². The Morgan fingerprint density at radius 1 is 1.12 bits per heavy atom. The Balaban J connectivity index is 1.32. The Morgan fingerprint density at radius 3 is 2.81 bits per heavy atom. The molecule has 1 saturated carbocycles. The molecule has 0 unspecified atom stereocenters. The van der Waals surface area contributed by atoms with Gasteiger partial charge in [0.05, 0.1) is 23.0 Å². The number of carbonyl (C=O) groups is 1.